The van der Waals surface area contributed by atoms with Crippen LogP contribution in [0.3, 0.4) is 0 Å². The van der Waals surface area contributed by atoms with E-state index < -0.39 is 0 Å². The van der Waals surface area contributed by atoms with Crippen molar-refractivity contribution in [3.63, 3.8) is 0 Å². The number of ether oxygens (including phenoxy) is 3. The number of aryl methyl sites for hydroxylation is 2. The molecule has 0 spiro atoms. The Bertz CT molecular complexity index is 1140. The van der Waals surface area contributed by atoms with Crippen molar-refractivity contribution in [2.45, 2.75) is 33.3 Å². The highest BCUT2D eigenvalue weighted by Crippen LogP contribution is 2.35. The minimum atomic E-state index is -0.388. The molecule has 33 heavy (non-hydrogen) atoms. The Hall–Kier alpha value is -3.64. The van der Waals surface area contributed by atoms with Gasteiger partial charge in [-0.3, -0.25) is 10.1 Å². The molecule has 1 heterocycles. The number of non-ortho nitro benzene ring substituents is 1. The Morgan fingerprint density at radius 2 is 1.70 bits per heavy atom. The van der Waals surface area contributed by atoms with E-state index in [2.05, 4.69) is 6.08 Å². The van der Waals surface area contributed by atoms with Gasteiger partial charge in [-0.15, -0.1) is 0 Å². The van der Waals surface area contributed by atoms with Crippen LogP contribution in [-0.4, -0.2) is 18.1 Å². The molecule has 0 unspecified atom stereocenters. The number of nitro groups is 1. The normalized spacial score (nSPS) is 13.5. The van der Waals surface area contributed by atoms with Gasteiger partial charge in [-0.05, 0) is 61.6 Å². The lowest BCUT2D eigenvalue weighted by molar-refractivity contribution is -0.385. The average molecular weight is 446 g/mol. The van der Waals surface area contributed by atoms with Gasteiger partial charge >= 0.3 is 0 Å². The first-order chi connectivity index (χ1) is 16.0. The monoisotopic (exact) mass is 445 g/mol. The summed E-state index contributed by atoms with van der Waals surface area (Å²) in [4.78, 5) is 10.8. The fraction of sp³-hybridized carbons (Fsp3) is 0.259. The number of hydrogen-bond acceptors (Lipinski definition) is 5. The Labute approximate surface area is 193 Å². The first-order valence-electron chi connectivity index (χ1n) is 11.0. The summed E-state index contributed by atoms with van der Waals surface area (Å²) in [6, 6.07) is 18.9. The van der Waals surface area contributed by atoms with Crippen LogP contribution >= 0.6 is 0 Å². The molecule has 0 bridgehead atoms. The smallest absolute Gasteiger partial charge is 0.270 e. The fourth-order valence-electron chi connectivity index (χ4n) is 3.88. The highest BCUT2D eigenvalue weighted by molar-refractivity contribution is 5.63. The van der Waals surface area contributed by atoms with Crippen molar-refractivity contribution in [2.75, 3.05) is 13.2 Å². The molecule has 6 nitrogen and oxygen atoms in total. The minimum Gasteiger partial charge on any atom is -0.488 e. The van der Waals surface area contributed by atoms with Crippen LogP contribution in [0.5, 0.6) is 17.2 Å². The van der Waals surface area contributed by atoms with E-state index in [4.69, 9.17) is 14.2 Å². The SMILES string of the molecule is Cc1cc([N+](=O)[O-])cc(C)c1Oc1ccc(OCc2ccccc2)c(C=C2CCOCC2)c1. The van der Waals surface area contributed by atoms with E-state index in [1.54, 1.807) is 0 Å². The quantitative estimate of drug-likeness (QED) is 0.296. The van der Waals surface area contributed by atoms with Crippen LogP contribution < -0.4 is 9.47 Å². The van der Waals surface area contributed by atoms with Crippen molar-refractivity contribution in [3.8, 4) is 17.2 Å². The summed E-state index contributed by atoms with van der Waals surface area (Å²) in [5.41, 5.74) is 4.85. The lowest BCUT2D eigenvalue weighted by Crippen LogP contribution is -2.07. The minimum absolute atomic E-state index is 0.0620. The molecule has 0 radical (unpaired) electrons. The third kappa shape index (κ3) is 5.79. The van der Waals surface area contributed by atoms with E-state index in [0.29, 0.717) is 18.1 Å². The summed E-state index contributed by atoms with van der Waals surface area (Å²) >= 11 is 0. The molecule has 6 heteroatoms. The Morgan fingerprint density at radius 3 is 2.36 bits per heavy atom. The summed E-state index contributed by atoms with van der Waals surface area (Å²) in [7, 11) is 0. The van der Waals surface area contributed by atoms with Gasteiger partial charge in [0, 0.05) is 17.7 Å². The molecule has 0 aliphatic carbocycles. The molecular weight excluding hydrogens is 418 g/mol. The molecule has 170 valence electrons. The predicted molar refractivity (Wildman–Crippen MR) is 128 cm³/mol. The summed E-state index contributed by atoms with van der Waals surface area (Å²) in [6.07, 6.45) is 3.94. The Morgan fingerprint density at radius 1 is 1.00 bits per heavy atom. The molecule has 3 aromatic carbocycles. The van der Waals surface area contributed by atoms with E-state index in [1.165, 1.54) is 17.7 Å². The van der Waals surface area contributed by atoms with E-state index in [0.717, 1.165) is 54.1 Å². The summed E-state index contributed by atoms with van der Waals surface area (Å²) < 4.78 is 17.8. The first kappa shape index (κ1) is 22.6. The van der Waals surface area contributed by atoms with Crippen LogP contribution in [0.1, 0.15) is 35.1 Å². The average Bonchev–Trinajstić information content (AvgIpc) is 2.82. The molecule has 0 aromatic heterocycles. The molecule has 1 saturated heterocycles. The third-order valence-corrected chi connectivity index (χ3v) is 5.59. The van der Waals surface area contributed by atoms with Crippen LogP contribution in [0.4, 0.5) is 5.69 Å². The van der Waals surface area contributed by atoms with Gasteiger partial charge in [-0.25, -0.2) is 0 Å². The second-order valence-corrected chi connectivity index (χ2v) is 8.16. The second-order valence-electron chi connectivity index (χ2n) is 8.16. The predicted octanol–water partition coefficient (Wildman–Crippen LogP) is 6.78. The van der Waals surface area contributed by atoms with Crippen molar-refractivity contribution < 1.29 is 19.1 Å². The standard InChI is InChI=1S/C27H27NO5/c1-19-14-24(28(29)30)15-20(2)27(19)33-25-8-9-26(32-18-22-6-4-3-5-7-22)23(17-25)16-21-10-12-31-13-11-21/h3-9,14-17H,10-13,18H2,1-2H3. The van der Waals surface area contributed by atoms with Crippen LogP contribution in [0.25, 0.3) is 6.08 Å². The number of hydrogen-bond donors (Lipinski definition) is 0. The maximum Gasteiger partial charge on any atom is 0.270 e. The molecule has 0 N–H and O–H groups in total. The van der Waals surface area contributed by atoms with Gasteiger partial charge in [0.1, 0.15) is 23.9 Å². The van der Waals surface area contributed by atoms with Gasteiger partial charge in [0.05, 0.1) is 18.1 Å². The molecule has 0 atom stereocenters. The van der Waals surface area contributed by atoms with Gasteiger partial charge in [-0.1, -0.05) is 42.0 Å². The van der Waals surface area contributed by atoms with E-state index in [1.807, 2.05) is 62.4 Å². The highest BCUT2D eigenvalue weighted by atomic mass is 16.6. The molecule has 3 aromatic rings. The van der Waals surface area contributed by atoms with E-state index >= 15 is 0 Å². The molecule has 1 aliphatic rings. The van der Waals surface area contributed by atoms with Crippen molar-refractivity contribution in [1.82, 2.24) is 0 Å². The lowest BCUT2D eigenvalue weighted by Gasteiger charge is -2.17. The van der Waals surface area contributed by atoms with Crippen molar-refractivity contribution >= 4 is 11.8 Å². The molecule has 1 fully saturated rings. The molecular formula is C27H27NO5. The van der Waals surface area contributed by atoms with Crippen molar-refractivity contribution in [3.05, 3.63) is 98.6 Å². The van der Waals surface area contributed by atoms with Crippen LogP contribution in [-0.2, 0) is 11.3 Å². The van der Waals surface area contributed by atoms with Crippen LogP contribution in [0, 0.1) is 24.0 Å². The van der Waals surface area contributed by atoms with Gasteiger partial charge in [-0.2, -0.15) is 0 Å². The van der Waals surface area contributed by atoms with Gasteiger partial charge in [0.2, 0.25) is 0 Å². The maximum atomic E-state index is 11.1. The Balaban J connectivity index is 1.63. The fourth-order valence-corrected chi connectivity index (χ4v) is 3.88. The number of nitrogens with zero attached hydrogens (tertiary/aromatic N) is 1. The first-order valence-corrected chi connectivity index (χ1v) is 11.0. The Kier molecular flexibility index (Phi) is 7.05. The maximum absolute atomic E-state index is 11.1. The summed E-state index contributed by atoms with van der Waals surface area (Å²) in [5.74, 6) is 2.06. The number of nitro benzene ring substituents is 1. The third-order valence-electron chi connectivity index (χ3n) is 5.59. The van der Waals surface area contributed by atoms with Crippen molar-refractivity contribution in [1.29, 1.82) is 0 Å². The molecule has 4 rings (SSSR count). The molecule has 0 saturated carbocycles. The second kappa shape index (κ2) is 10.3. The van der Waals surface area contributed by atoms with E-state index in [-0.39, 0.29) is 10.6 Å². The van der Waals surface area contributed by atoms with Crippen molar-refractivity contribution in [2.24, 2.45) is 0 Å². The zero-order valence-electron chi connectivity index (χ0n) is 18.9. The molecule has 0 amide bonds. The van der Waals surface area contributed by atoms with Gasteiger partial charge in [0.15, 0.2) is 0 Å². The number of benzene rings is 3. The largest absolute Gasteiger partial charge is 0.488 e. The highest BCUT2D eigenvalue weighted by Gasteiger charge is 2.15. The van der Waals surface area contributed by atoms with Crippen LogP contribution in [0.2, 0.25) is 0 Å². The lowest BCUT2D eigenvalue weighted by atomic mass is 10.0. The molecule has 1 aliphatic heterocycles. The summed E-state index contributed by atoms with van der Waals surface area (Å²) in [6.45, 7) is 5.56. The zero-order valence-corrected chi connectivity index (χ0v) is 18.9. The van der Waals surface area contributed by atoms with Crippen LogP contribution in [0.15, 0.2) is 66.2 Å². The van der Waals surface area contributed by atoms with Gasteiger partial charge in [0.25, 0.3) is 5.69 Å². The van der Waals surface area contributed by atoms with Gasteiger partial charge < -0.3 is 14.2 Å². The summed E-state index contributed by atoms with van der Waals surface area (Å²) in [5, 5.41) is 11.1. The zero-order chi connectivity index (χ0) is 23.2. The number of rotatable bonds is 7. The van der Waals surface area contributed by atoms with E-state index in [9.17, 15) is 10.1 Å². The topological polar surface area (TPSA) is 70.8 Å².